The molecule has 6 nitrogen and oxygen atoms in total. The number of hydrogen-bond acceptors (Lipinski definition) is 4. The highest BCUT2D eigenvalue weighted by molar-refractivity contribution is 5.80. The van der Waals surface area contributed by atoms with Gasteiger partial charge >= 0.3 is 0 Å². The Labute approximate surface area is 166 Å². The molecule has 4 N–H and O–H groups in total. The maximum Gasteiger partial charge on any atom is 0.224 e. The molecule has 0 bridgehead atoms. The first-order valence-corrected chi connectivity index (χ1v) is 10.2. The quantitative estimate of drug-likeness (QED) is 0.563. The van der Waals surface area contributed by atoms with Crippen LogP contribution in [0.4, 0.5) is 0 Å². The lowest BCUT2D eigenvalue weighted by molar-refractivity contribution is -0.128. The summed E-state index contributed by atoms with van der Waals surface area (Å²) in [5.41, 5.74) is 2.02. The van der Waals surface area contributed by atoms with E-state index in [2.05, 4.69) is 16.7 Å². The Bertz CT molecular complexity index is 731. The first-order valence-electron chi connectivity index (χ1n) is 10.2. The van der Waals surface area contributed by atoms with Crippen molar-refractivity contribution in [1.82, 2.24) is 10.6 Å². The fraction of sp³-hybridized carbons (Fsp3) is 0.545. The van der Waals surface area contributed by atoms with Crippen LogP contribution in [0.25, 0.3) is 0 Å². The fourth-order valence-electron chi connectivity index (χ4n) is 4.07. The number of rotatable bonds is 6. The number of nitrogens with one attached hydrogen (secondary N) is 2. The Morgan fingerprint density at radius 1 is 1.18 bits per heavy atom. The minimum Gasteiger partial charge on any atom is -0.508 e. The van der Waals surface area contributed by atoms with Crippen LogP contribution in [0.15, 0.2) is 35.9 Å². The number of benzene rings is 1. The minimum atomic E-state index is -0.730. The zero-order valence-corrected chi connectivity index (χ0v) is 16.2. The minimum absolute atomic E-state index is 0.00457. The number of aromatic hydroxyl groups is 1. The number of carbonyl (C=O) groups excluding carboxylic acids is 2. The van der Waals surface area contributed by atoms with Gasteiger partial charge in [0.05, 0.1) is 18.6 Å². The second-order valence-corrected chi connectivity index (χ2v) is 7.92. The van der Waals surface area contributed by atoms with E-state index in [1.54, 1.807) is 24.3 Å². The van der Waals surface area contributed by atoms with Crippen LogP contribution >= 0.6 is 0 Å². The van der Waals surface area contributed by atoms with Gasteiger partial charge in [-0.05, 0) is 62.6 Å². The summed E-state index contributed by atoms with van der Waals surface area (Å²) in [5, 5.41) is 25.8. The average Bonchev–Trinajstić information content (AvgIpc) is 2.68. The van der Waals surface area contributed by atoms with E-state index in [-0.39, 0.29) is 35.9 Å². The van der Waals surface area contributed by atoms with E-state index in [4.69, 9.17) is 0 Å². The van der Waals surface area contributed by atoms with E-state index < -0.39 is 6.10 Å². The zero-order valence-electron chi connectivity index (χ0n) is 16.2. The Hall–Kier alpha value is -2.34. The molecule has 6 heteroatoms. The van der Waals surface area contributed by atoms with Gasteiger partial charge in [-0.3, -0.25) is 9.59 Å². The van der Waals surface area contributed by atoms with Gasteiger partial charge in [-0.1, -0.05) is 23.8 Å². The smallest absolute Gasteiger partial charge is 0.224 e. The molecule has 28 heavy (non-hydrogen) atoms. The highest BCUT2D eigenvalue weighted by atomic mass is 16.3. The molecule has 0 spiro atoms. The van der Waals surface area contributed by atoms with Crippen LogP contribution in [-0.4, -0.2) is 40.7 Å². The van der Waals surface area contributed by atoms with Crippen molar-refractivity contribution < 1.29 is 19.8 Å². The molecule has 1 saturated carbocycles. The van der Waals surface area contributed by atoms with Gasteiger partial charge in [0.1, 0.15) is 5.75 Å². The van der Waals surface area contributed by atoms with E-state index in [1.807, 2.05) is 0 Å². The maximum absolute atomic E-state index is 12.4. The Balaban J connectivity index is 1.43. The largest absolute Gasteiger partial charge is 0.508 e. The van der Waals surface area contributed by atoms with E-state index >= 15 is 0 Å². The third-order valence-corrected chi connectivity index (χ3v) is 5.68. The topological polar surface area (TPSA) is 98.7 Å². The molecule has 0 saturated heterocycles. The molecule has 2 aliphatic carbocycles. The molecule has 3 atom stereocenters. The third kappa shape index (κ3) is 5.83. The van der Waals surface area contributed by atoms with Crippen molar-refractivity contribution >= 4 is 11.8 Å². The zero-order chi connectivity index (χ0) is 19.9. The van der Waals surface area contributed by atoms with Gasteiger partial charge in [-0.15, -0.1) is 0 Å². The molecule has 1 aromatic carbocycles. The first kappa shape index (κ1) is 20.4. The maximum atomic E-state index is 12.4. The number of phenols is 1. The van der Waals surface area contributed by atoms with Crippen LogP contribution in [0.1, 0.15) is 50.5 Å². The average molecular weight is 386 g/mol. The lowest BCUT2D eigenvalue weighted by Crippen LogP contribution is -2.49. The van der Waals surface area contributed by atoms with Gasteiger partial charge in [0, 0.05) is 12.5 Å². The number of amides is 2. The standard InChI is InChI=1S/C22H30N2O4/c25-18-8-4-7-16(11-18)12-21(27)24-19-10-9-17(13-20(19)26)22(28)23-14-15-5-2-1-3-6-15/h4-5,7-8,11,17,19-20,25-26H,1-3,6,9-10,12-14H2,(H,23,28)(H,24,27)/t17-,19+,20+/m0/s1. The molecule has 0 unspecified atom stereocenters. The highest BCUT2D eigenvalue weighted by Gasteiger charge is 2.33. The van der Waals surface area contributed by atoms with Gasteiger partial charge in [0.2, 0.25) is 11.8 Å². The molecule has 0 aromatic heterocycles. The van der Waals surface area contributed by atoms with Gasteiger partial charge in [0.25, 0.3) is 0 Å². The summed E-state index contributed by atoms with van der Waals surface area (Å²) in [6.07, 6.45) is 7.80. The predicted octanol–water partition coefficient (Wildman–Crippen LogP) is 2.20. The lowest BCUT2D eigenvalue weighted by atomic mass is 9.83. The van der Waals surface area contributed by atoms with Gasteiger partial charge < -0.3 is 20.8 Å². The van der Waals surface area contributed by atoms with E-state index in [0.29, 0.717) is 25.8 Å². The number of aliphatic hydroxyl groups is 1. The van der Waals surface area contributed by atoms with Crippen molar-refractivity contribution in [3.05, 3.63) is 41.5 Å². The Kier molecular flexibility index (Phi) is 7.09. The van der Waals surface area contributed by atoms with Crippen molar-refractivity contribution in [3.63, 3.8) is 0 Å². The van der Waals surface area contributed by atoms with E-state index in [1.165, 1.54) is 18.4 Å². The molecule has 2 amide bonds. The molecule has 152 valence electrons. The van der Waals surface area contributed by atoms with Crippen molar-refractivity contribution in [2.24, 2.45) is 5.92 Å². The van der Waals surface area contributed by atoms with Crippen molar-refractivity contribution in [1.29, 1.82) is 0 Å². The number of phenolic OH excluding ortho intramolecular Hbond substituents is 1. The molecule has 0 aliphatic heterocycles. The van der Waals surface area contributed by atoms with Crippen LogP contribution in [0.5, 0.6) is 5.75 Å². The third-order valence-electron chi connectivity index (χ3n) is 5.68. The normalized spacial score (nSPS) is 24.9. The van der Waals surface area contributed by atoms with Crippen LogP contribution < -0.4 is 10.6 Å². The van der Waals surface area contributed by atoms with Crippen molar-refractivity contribution in [2.75, 3.05) is 6.54 Å². The number of allylic oxidation sites excluding steroid dienone is 1. The Morgan fingerprint density at radius 2 is 2.04 bits per heavy atom. The fourth-order valence-corrected chi connectivity index (χ4v) is 4.07. The molecule has 2 aliphatic rings. The Morgan fingerprint density at radius 3 is 2.75 bits per heavy atom. The lowest BCUT2D eigenvalue weighted by Gasteiger charge is -2.33. The summed E-state index contributed by atoms with van der Waals surface area (Å²) in [6, 6.07) is 6.25. The van der Waals surface area contributed by atoms with Gasteiger partial charge in [0.15, 0.2) is 0 Å². The summed E-state index contributed by atoms with van der Waals surface area (Å²) in [4.78, 5) is 24.7. The summed E-state index contributed by atoms with van der Waals surface area (Å²) in [7, 11) is 0. The number of aliphatic hydroxyl groups excluding tert-OH is 1. The molecule has 1 fully saturated rings. The SMILES string of the molecule is O=C(Cc1cccc(O)c1)N[C@@H]1CC[C@H](C(=O)NCC2=CCCCC2)C[C@H]1O. The molecule has 1 aromatic rings. The van der Waals surface area contributed by atoms with Gasteiger partial charge in [-0.2, -0.15) is 0 Å². The number of hydrogen-bond donors (Lipinski definition) is 4. The van der Waals surface area contributed by atoms with Crippen molar-refractivity contribution in [3.8, 4) is 5.75 Å². The van der Waals surface area contributed by atoms with Crippen LogP contribution in [0.3, 0.4) is 0 Å². The summed E-state index contributed by atoms with van der Waals surface area (Å²) in [5.74, 6) is -0.281. The molecular weight excluding hydrogens is 356 g/mol. The van der Waals surface area contributed by atoms with Crippen molar-refractivity contribution in [2.45, 2.75) is 63.5 Å². The molecule has 3 rings (SSSR count). The second-order valence-electron chi connectivity index (χ2n) is 7.92. The van der Waals surface area contributed by atoms with Crippen LogP contribution in [-0.2, 0) is 16.0 Å². The summed E-state index contributed by atoms with van der Waals surface area (Å²) in [6.45, 7) is 0.607. The monoisotopic (exact) mass is 386 g/mol. The van der Waals surface area contributed by atoms with Crippen LogP contribution in [0, 0.1) is 5.92 Å². The summed E-state index contributed by atoms with van der Waals surface area (Å²) < 4.78 is 0. The second kappa shape index (κ2) is 9.73. The first-order chi connectivity index (χ1) is 13.5. The van der Waals surface area contributed by atoms with E-state index in [0.717, 1.165) is 18.4 Å². The summed E-state index contributed by atoms with van der Waals surface area (Å²) >= 11 is 0. The molecule has 0 radical (unpaired) electrons. The van der Waals surface area contributed by atoms with E-state index in [9.17, 15) is 19.8 Å². The van der Waals surface area contributed by atoms with Gasteiger partial charge in [-0.25, -0.2) is 0 Å². The van der Waals surface area contributed by atoms with Crippen LogP contribution in [0.2, 0.25) is 0 Å². The predicted molar refractivity (Wildman–Crippen MR) is 107 cm³/mol. The molecule has 0 heterocycles. The number of carbonyl (C=O) groups is 2. The highest BCUT2D eigenvalue weighted by Crippen LogP contribution is 2.25. The molecular formula is C22H30N2O4.